The fourth-order valence-electron chi connectivity index (χ4n) is 1.80. The lowest BCUT2D eigenvalue weighted by Gasteiger charge is -2.21. The van der Waals surface area contributed by atoms with E-state index in [1.807, 2.05) is 0 Å². The normalized spacial score (nSPS) is 17.0. The number of nitrogens with two attached hydrogens (primary N) is 2. The van der Waals surface area contributed by atoms with Crippen LogP contribution in [0.1, 0.15) is 18.0 Å². The largest absolute Gasteiger partial charge is 0.486 e. The lowest BCUT2D eigenvalue weighted by molar-refractivity contribution is -0.138. The SMILES string of the molecule is N[C@@H](C[C@H](N)c1ccc2c(c1)OCCO2)C(=O)O. The second-order valence-corrected chi connectivity index (χ2v) is 4.19. The summed E-state index contributed by atoms with van der Waals surface area (Å²) in [6, 6.07) is 3.94. The number of carboxylic acids is 1. The predicted octanol–water partition coefficient (Wildman–Crippen LogP) is 0.260. The van der Waals surface area contributed by atoms with Crippen molar-refractivity contribution in [3.63, 3.8) is 0 Å². The van der Waals surface area contributed by atoms with Crippen LogP contribution in [0.15, 0.2) is 18.2 Å². The van der Waals surface area contributed by atoms with E-state index in [0.29, 0.717) is 24.7 Å². The molecular formula is C12H16N2O4. The molecular weight excluding hydrogens is 236 g/mol. The number of carbonyl (C=O) groups is 1. The lowest BCUT2D eigenvalue weighted by Crippen LogP contribution is -2.33. The molecule has 1 aliphatic rings. The van der Waals surface area contributed by atoms with Gasteiger partial charge in [-0.05, 0) is 24.1 Å². The van der Waals surface area contributed by atoms with Crippen LogP contribution in [0, 0.1) is 0 Å². The average molecular weight is 252 g/mol. The van der Waals surface area contributed by atoms with Gasteiger partial charge >= 0.3 is 5.97 Å². The van der Waals surface area contributed by atoms with Crippen molar-refractivity contribution in [3.8, 4) is 11.5 Å². The number of carboxylic acid groups (broad SMARTS) is 1. The second-order valence-electron chi connectivity index (χ2n) is 4.19. The maximum Gasteiger partial charge on any atom is 0.320 e. The standard InChI is InChI=1S/C12H16N2O4/c13-8(6-9(14)12(15)16)7-1-2-10-11(5-7)18-4-3-17-10/h1-2,5,8-9H,3-4,6,13-14H2,(H,15,16)/t8-,9-/m0/s1. The molecule has 0 saturated carbocycles. The third-order valence-electron chi connectivity index (χ3n) is 2.82. The van der Waals surface area contributed by atoms with Gasteiger partial charge in [-0.15, -0.1) is 0 Å². The highest BCUT2D eigenvalue weighted by atomic mass is 16.6. The Bertz CT molecular complexity index is 450. The van der Waals surface area contributed by atoms with Gasteiger partial charge in [-0.1, -0.05) is 6.07 Å². The van der Waals surface area contributed by atoms with Crippen molar-refractivity contribution in [2.24, 2.45) is 11.5 Å². The van der Waals surface area contributed by atoms with E-state index in [1.54, 1.807) is 18.2 Å². The Morgan fingerprint density at radius 2 is 1.94 bits per heavy atom. The summed E-state index contributed by atoms with van der Waals surface area (Å²) in [4.78, 5) is 10.7. The van der Waals surface area contributed by atoms with E-state index < -0.39 is 18.1 Å². The number of ether oxygens (including phenoxy) is 2. The summed E-state index contributed by atoms with van der Waals surface area (Å²) < 4.78 is 10.8. The number of aliphatic carboxylic acids is 1. The summed E-state index contributed by atoms with van der Waals surface area (Å²) >= 11 is 0. The number of rotatable bonds is 4. The quantitative estimate of drug-likeness (QED) is 0.709. The summed E-state index contributed by atoms with van der Waals surface area (Å²) in [5, 5.41) is 8.74. The lowest BCUT2D eigenvalue weighted by atomic mass is 10.00. The Kier molecular flexibility index (Phi) is 3.69. The highest BCUT2D eigenvalue weighted by molar-refractivity contribution is 5.73. The van der Waals surface area contributed by atoms with Gasteiger partial charge < -0.3 is 26.0 Å². The minimum atomic E-state index is -1.05. The first-order valence-corrected chi connectivity index (χ1v) is 5.71. The molecule has 2 rings (SSSR count). The Hall–Kier alpha value is -1.79. The second kappa shape index (κ2) is 5.24. The zero-order chi connectivity index (χ0) is 13.1. The van der Waals surface area contributed by atoms with Gasteiger partial charge in [0.1, 0.15) is 19.3 Å². The number of hydrogen-bond donors (Lipinski definition) is 3. The van der Waals surface area contributed by atoms with Gasteiger partial charge in [0.15, 0.2) is 11.5 Å². The van der Waals surface area contributed by atoms with Crippen molar-refractivity contribution in [1.29, 1.82) is 0 Å². The molecule has 6 heteroatoms. The monoisotopic (exact) mass is 252 g/mol. The highest BCUT2D eigenvalue weighted by Crippen LogP contribution is 2.32. The Morgan fingerprint density at radius 3 is 2.61 bits per heavy atom. The van der Waals surface area contributed by atoms with Gasteiger partial charge in [-0.3, -0.25) is 4.79 Å². The first-order valence-electron chi connectivity index (χ1n) is 5.71. The van der Waals surface area contributed by atoms with Crippen LogP contribution in [0.3, 0.4) is 0 Å². The summed E-state index contributed by atoms with van der Waals surface area (Å²) in [7, 11) is 0. The van der Waals surface area contributed by atoms with E-state index in [9.17, 15) is 4.79 Å². The van der Waals surface area contributed by atoms with Crippen molar-refractivity contribution in [2.45, 2.75) is 18.5 Å². The van der Waals surface area contributed by atoms with Crippen LogP contribution < -0.4 is 20.9 Å². The maximum atomic E-state index is 10.7. The highest BCUT2D eigenvalue weighted by Gasteiger charge is 2.19. The number of benzene rings is 1. The van der Waals surface area contributed by atoms with Crippen LogP contribution >= 0.6 is 0 Å². The molecule has 6 nitrogen and oxygen atoms in total. The molecule has 1 aliphatic heterocycles. The Labute approximate surface area is 104 Å². The molecule has 1 aromatic carbocycles. The van der Waals surface area contributed by atoms with Crippen LogP contribution in [0.2, 0.25) is 0 Å². The van der Waals surface area contributed by atoms with Crippen molar-refractivity contribution in [3.05, 3.63) is 23.8 Å². The summed E-state index contributed by atoms with van der Waals surface area (Å²) in [5.74, 6) is 0.265. The molecule has 0 unspecified atom stereocenters. The fourth-order valence-corrected chi connectivity index (χ4v) is 1.80. The summed E-state index contributed by atoms with van der Waals surface area (Å²) in [5.41, 5.74) is 12.2. The van der Waals surface area contributed by atoms with E-state index in [0.717, 1.165) is 5.56 Å². The molecule has 0 amide bonds. The van der Waals surface area contributed by atoms with E-state index in [4.69, 9.17) is 26.0 Å². The predicted molar refractivity (Wildman–Crippen MR) is 64.6 cm³/mol. The number of fused-ring (bicyclic) bond motifs is 1. The average Bonchev–Trinajstić information content (AvgIpc) is 2.37. The van der Waals surface area contributed by atoms with Crippen LogP contribution in [-0.4, -0.2) is 30.3 Å². The molecule has 0 radical (unpaired) electrons. The van der Waals surface area contributed by atoms with Crippen LogP contribution in [0.4, 0.5) is 0 Å². The molecule has 0 spiro atoms. The molecule has 2 atom stereocenters. The van der Waals surface area contributed by atoms with Crippen LogP contribution in [-0.2, 0) is 4.79 Å². The topological polar surface area (TPSA) is 108 Å². The maximum absolute atomic E-state index is 10.7. The zero-order valence-corrected chi connectivity index (χ0v) is 9.83. The van der Waals surface area contributed by atoms with E-state index in [1.165, 1.54) is 0 Å². The minimum Gasteiger partial charge on any atom is -0.486 e. The molecule has 1 aromatic rings. The first kappa shape index (κ1) is 12.7. The van der Waals surface area contributed by atoms with Gasteiger partial charge in [-0.25, -0.2) is 0 Å². The third kappa shape index (κ3) is 2.72. The zero-order valence-electron chi connectivity index (χ0n) is 9.83. The first-order chi connectivity index (χ1) is 8.58. The molecule has 0 saturated heterocycles. The number of hydrogen-bond acceptors (Lipinski definition) is 5. The van der Waals surface area contributed by atoms with Gasteiger partial charge in [-0.2, -0.15) is 0 Å². The van der Waals surface area contributed by atoms with E-state index >= 15 is 0 Å². The Balaban J connectivity index is 2.11. The van der Waals surface area contributed by atoms with E-state index in [2.05, 4.69) is 0 Å². The molecule has 18 heavy (non-hydrogen) atoms. The molecule has 0 aliphatic carbocycles. The minimum absolute atomic E-state index is 0.176. The van der Waals surface area contributed by atoms with Gasteiger partial charge in [0.2, 0.25) is 0 Å². The summed E-state index contributed by atoms with van der Waals surface area (Å²) in [6.07, 6.45) is 0.176. The van der Waals surface area contributed by atoms with Gasteiger partial charge in [0.25, 0.3) is 0 Å². The smallest absolute Gasteiger partial charge is 0.320 e. The van der Waals surface area contributed by atoms with Crippen molar-refractivity contribution in [2.75, 3.05) is 13.2 Å². The van der Waals surface area contributed by atoms with Crippen molar-refractivity contribution < 1.29 is 19.4 Å². The summed E-state index contributed by atoms with van der Waals surface area (Å²) in [6.45, 7) is 1.03. The molecule has 0 fully saturated rings. The molecule has 5 N–H and O–H groups in total. The third-order valence-corrected chi connectivity index (χ3v) is 2.82. The van der Waals surface area contributed by atoms with Crippen LogP contribution in [0.5, 0.6) is 11.5 Å². The van der Waals surface area contributed by atoms with Crippen molar-refractivity contribution in [1.82, 2.24) is 0 Å². The fraction of sp³-hybridized carbons (Fsp3) is 0.417. The molecule has 0 bridgehead atoms. The van der Waals surface area contributed by atoms with Gasteiger partial charge in [0, 0.05) is 6.04 Å². The molecule has 1 heterocycles. The molecule has 0 aromatic heterocycles. The van der Waals surface area contributed by atoms with E-state index in [-0.39, 0.29) is 6.42 Å². The van der Waals surface area contributed by atoms with Crippen molar-refractivity contribution >= 4 is 5.97 Å². The Morgan fingerprint density at radius 1 is 1.28 bits per heavy atom. The van der Waals surface area contributed by atoms with Crippen LogP contribution in [0.25, 0.3) is 0 Å². The van der Waals surface area contributed by atoms with Gasteiger partial charge in [0.05, 0.1) is 0 Å². The molecule has 98 valence electrons.